The van der Waals surface area contributed by atoms with Gasteiger partial charge in [0.05, 0.1) is 13.2 Å². The first kappa shape index (κ1) is 14.0. The topological polar surface area (TPSA) is 41.6 Å². The zero-order chi connectivity index (χ0) is 15.3. The van der Waals surface area contributed by atoms with Crippen molar-refractivity contribution in [2.24, 2.45) is 0 Å². The lowest BCUT2D eigenvalue weighted by Crippen LogP contribution is -2.55. The molecular weight excluding hydrogens is 276 g/mol. The van der Waals surface area contributed by atoms with Crippen molar-refractivity contribution in [2.75, 3.05) is 32.8 Å². The van der Waals surface area contributed by atoms with Gasteiger partial charge in [0, 0.05) is 30.7 Å². The van der Waals surface area contributed by atoms with Crippen LogP contribution in [0.25, 0.3) is 0 Å². The predicted octanol–water partition coefficient (Wildman–Crippen LogP) is 1.72. The molecule has 0 bridgehead atoms. The summed E-state index contributed by atoms with van der Waals surface area (Å²) in [6.45, 7) is 8.43. The minimum Gasteiger partial charge on any atom is -0.379 e. The summed E-state index contributed by atoms with van der Waals surface area (Å²) < 4.78 is 5.41. The molecule has 22 heavy (non-hydrogen) atoms. The van der Waals surface area contributed by atoms with Crippen LogP contribution >= 0.6 is 0 Å². The minimum absolute atomic E-state index is 0.0429. The first-order chi connectivity index (χ1) is 10.6. The first-order valence-corrected chi connectivity index (χ1v) is 8.04. The van der Waals surface area contributed by atoms with E-state index in [1.54, 1.807) is 0 Å². The Morgan fingerprint density at radius 1 is 1.27 bits per heavy atom. The second kappa shape index (κ2) is 4.93. The second-order valence-corrected chi connectivity index (χ2v) is 6.99. The molecular formula is C18H22N2O2. The molecule has 0 aromatic carbocycles. The summed E-state index contributed by atoms with van der Waals surface area (Å²) in [5, 5.41) is 3.12. The van der Waals surface area contributed by atoms with Gasteiger partial charge >= 0.3 is 0 Å². The van der Waals surface area contributed by atoms with Gasteiger partial charge in [-0.2, -0.15) is 0 Å². The molecule has 1 heterocycles. The molecule has 2 fully saturated rings. The standard InChI is InChI=1S/C18H22N2O2/c1-18(2,20-5-7-22-8-6-20)11-19-17(21)14-4-3-13-15-9-12(15)10-16(13)14/h3-4,10H,5-9,11H2,1-2H3,(H,19,21). The summed E-state index contributed by atoms with van der Waals surface area (Å²) in [5.74, 6) is 0.0429. The van der Waals surface area contributed by atoms with Gasteiger partial charge in [0.15, 0.2) is 0 Å². The lowest BCUT2D eigenvalue weighted by atomic mass is 10.0. The van der Waals surface area contributed by atoms with Crippen LogP contribution in [0.5, 0.6) is 0 Å². The van der Waals surface area contributed by atoms with Gasteiger partial charge in [0.2, 0.25) is 0 Å². The summed E-state index contributed by atoms with van der Waals surface area (Å²) in [5.41, 5.74) is 6.01. The van der Waals surface area contributed by atoms with Crippen molar-refractivity contribution in [1.82, 2.24) is 10.2 Å². The number of morpholine rings is 1. The molecule has 1 saturated carbocycles. The maximum absolute atomic E-state index is 12.5. The van der Waals surface area contributed by atoms with Crippen molar-refractivity contribution >= 4 is 5.91 Å². The quantitative estimate of drug-likeness (QED) is 0.859. The van der Waals surface area contributed by atoms with Crippen LogP contribution in [0.15, 0.2) is 46.1 Å². The van der Waals surface area contributed by atoms with E-state index in [4.69, 9.17) is 4.74 Å². The summed E-state index contributed by atoms with van der Waals surface area (Å²) in [6.07, 6.45) is 7.33. The fourth-order valence-corrected chi connectivity index (χ4v) is 3.51. The number of carbonyl (C=O) groups is 1. The van der Waals surface area contributed by atoms with E-state index in [0.29, 0.717) is 6.54 Å². The van der Waals surface area contributed by atoms with Crippen LogP contribution in [0, 0.1) is 0 Å². The van der Waals surface area contributed by atoms with Crippen molar-refractivity contribution in [3.05, 3.63) is 46.1 Å². The van der Waals surface area contributed by atoms with Crippen molar-refractivity contribution in [3.63, 3.8) is 0 Å². The zero-order valence-corrected chi connectivity index (χ0v) is 13.2. The van der Waals surface area contributed by atoms with Crippen LogP contribution in [0.4, 0.5) is 0 Å². The average molecular weight is 298 g/mol. The van der Waals surface area contributed by atoms with Gasteiger partial charge in [-0.1, -0.05) is 6.08 Å². The monoisotopic (exact) mass is 298 g/mol. The summed E-state index contributed by atoms with van der Waals surface area (Å²) in [7, 11) is 0. The number of rotatable bonds is 4. The smallest absolute Gasteiger partial charge is 0.251 e. The molecule has 116 valence electrons. The van der Waals surface area contributed by atoms with Crippen molar-refractivity contribution < 1.29 is 9.53 Å². The Bertz CT molecular complexity index is 659. The third-order valence-corrected chi connectivity index (χ3v) is 5.06. The van der Waals surface area contributed by atoms with Gasteiger partial charge in [-0.05, 0) is 54.7 Å². The highest BCUT2D eigenvalue weighted by Crippen LogP contribution is 2.51. The zero-order valence-electron chi connectivity index (χ0n) is 13.2. The van der Waals surface area contributed by atoms with Gasteiger partial charge in [0.25, 0.3) is 5.91 Å². The molecule has 4 rings (SSSR count). The number of nitrogens with zero attached hydrogens (tertiary/aromatic N) is 1. The van der Waals surface area contributed by atoms with Gasteiger partial charge in [-0.3, -0.25) is 9.69 Å². The molecule has 0 spiro atoms. The fraction of sp³-hybridized carbons (Fsp3) is 0.500. The first-order valence-electron chi connectivity index (χ1n) is 8.04. The number of ether oxygens (including phenoxy) is 1. The molecule has 1 N–H and O–H groups in total. The third-order valence-electron chi connectivity index (χ3n) is 5.06. The van der Waals surface area contributed by atoms with E-state index >= 15 is 0 Å². The number of fused-ring (bicyclic) bond motifs is 2. The van der Waals surface area contributed by atoms with E-state index < -0.39 is 0 Å². The Hall–Kier alpha value is -1.65. The minimum atomic E-state index is -0.0510. The molecule has 4 aliphatic rings. The number of carbonyl (C=O) groups excluding carboxylic acids is 1. The SMILES string of the molecule is CC(C)(CNC(=O)C1=C2C=C3CC3=C2C=C1)N1CCOCC1. The molecule has 4 heteroatoms. The van der Waals surface area contributed by atoms with Gasteiger partial charge in [0.1, 0.15) is 0 Å². The fourth-order valence-electron chi connectivity index (χ4n) is 3.51. The number of hydrogen-bond acceptors (Lipinski definition) is 3. The molecule has 1 aliphatic heterocycles. The molecule has 4 nitrogen and oxygen atoms in total. The van der Waals surface area contributed by atoms with Crippen LogP contribution < -0.4 is 5.32 Å². The molecule has 0 unspecified atom stereocenters. The van der Waals surface area contributed by atoms with Crippen LogP contribution in [0.2, 0.25) is 0 Å². The number of allylic oxidation sites excluding steroid dienone is 6. The number of amides is 1. The highest BCUT2D eigenvalue weighted by atomic mass is 16.5. The number of hydrogen-bond donors (Lipinski definition) is 1. The summed E-state index contributed by atoms with van der Waals surface area (Å²) in [6, 6.07) is 0. The van der Waals surface area contributed by atoms with Crippen LogP contribution in [-0.2, 0) is 9.53 Å². The Kier molecular flexibility index (Phi) is 3.13. The van der Waals surface area contributed by atoms with Crippen LogP contribution in [0.1, 0.15) is 20.3 Å². The van der Waals surface area contributed by atoms with Crippen LogP contribution in [0.3, 0.4) is 0 Å². The Labute approximate surface area is 131 Å². The largest absolute Gasteiger partial charge is 0.379 e. The van der Waals surface area contributed by atoms with E-state index in [1.807, 2.05) is 6.08 Å². The molecule has 1 saturated heterocycles. The highest BCUT2D eigenvalue weighted by Gasteiger charge is 2.36. The molecule has 3 aliphatic carbocycles. The van der Waals surface area contributed by atoms with E-state index in [9.17, 15) is 4.79 Å². The Morgan fingerprint density at radius 2 is 2.05 bits per heavy atom. The molecule has 0 aromatic heterocycles. The molecule has 1 amide bonds. The van der Waals surface area contributed by atoms with Crippen molar-refractivity contribution in [2.45, 2.75) is 25.8 Å². The number of nitrogens with one attached hydrogen (secondary N) is 1. The maximum atomic E-state index is 12.5. The predicted molar refractivity (Wildman–Crippen MR) is 85.4 cm³/mol. The normalized spacial score (nSPS) is 23.6. The van der Waals surface area contributed by atoms with Crippen molar-refractivity contribution in [1.29, 1.82) is 0 Å². The lowest BCUT2D eigenvalue weighted by molar-refractivity contribution is -0.118. The maximum Gasteiger partial charge on any atom is 0.251 e. The average Bonchev–Trinajstić information content (AvgIpc) is 3.01. The van der Waals surface area contributed by atoms with Gasteiger partial charge in [-0.25, -0.2) is 0 Å². The van der Waals surface area contributed by atoms with Crippen LogP contribution in [-0.4, -0.2) is 49.2 Å². The third kappa shape index (κ3) is 2.27. The molecule has 0 radical (unpaired) electrons. The van der Waals surface area contributed by atoms with E-state index in [1.165, 1.54) is 16.7 Å². The van der Waals surface area contributed by atoms with E-state index in [2.05, 4.69) is 36.2 Å². The Balaban J connectivity index is 1.41. The van der Waals surface area contributed by atoms with Crippen molar-refractivity contribution in [3.8, 4) is 0 Å². The summed E-state index contributed by atoms with van der Waals surface area (Å²) in [4.78, 5) is 14.9. The van der Waals surface area contributed by atoms with Gasteiger partial charge < -0.3 is 10.1 Å². The van der Waals surface area contributed by atoms with Gasteiger partial charge in [-0.15, -0.1) is 0 Å². The van der Waals surface area contributed by atoms with E-state index in [-0.39, 0.29) is 11.4 Å². The molecule has 0 atom stereocenters. The lowest BCUT2D eigenvalue weighted by Gasteiger charge is -2.40. The summed E-state index contributed by atoms with van der Waals surface area (Å²) >= 11 is 0. The van der Waals surface area contributed by atoms with E-state index in [0.717, 1.165) is 43.9 Å². The second-order valence-electron chi connectivity index (χ2n) is 6.99. The Morgan fingerprint density at radius 3 is 2.82 bits per heavy atom. The highest BCUT2D eigenvalue weighted by molar-refractivity contribution is 6.01. The molecule has 0 aromatic rings.